The molecule has 0 N–H and O–H groups in total. The van der Waals surface area contributed by atoms with Gasteiger partial charge >= 0.3 is 5.97 Å². The molecule has 92 valence electrons. The standard InChI is InChI=1S/C12H21NO3/c1-5-6-7-9-12(15)16-10(8(2)3)11(14)13(9)4/h8-10H,5-7H2,1-4H3. The lowest BCUT2D eigenvalue weighted by molar-refractivity contribution is -0.180. The number of likely N-dealkylation sites (N-methyl/N-ethyl adjacent to an activating group) is 1. The number of nitrogens with zero attached hydrogens (tertiary/aromatic N) is 1. The molecule has 4 nitrogen and oxygen atoms in total. The van der Waals surface area contributed by atoms with Gasteiger partial charge in [0.1, 0.15) is 6.04 Å². The first-order chi connectivity index (χ1) is 7.49. The Morgan fingerprint density at radius 2 is 2.00 bits per heavy atom. The summed E-state index contributed by atoms with van der Waals surface area (Å²) in [7, 11) is 1.69. The van der Waals surface area contributed by atoms with Crippen LogP contribution in [-0.2, 0) is 14.3 Å². The van der Waals surface area contributed by atoms with Crippen LogP contribution in [0.3, 0.4) is 0 Å². The largest absolute Gasteiger partial charge is 0.450 e. The summed E-state index contributed by atoms with van der Waals surface area (Å²) < 4.78 is 5.21. The fourth-order valence-electron chi connectivity index (χ4n) is 1.90. The third-order valence-electron chi connectivity index (χ3n) is 3.01. The number of rotatable bonds is 4. The Morgan fingerprint density at radius 1 is 1.38 bits per heavy atom. The molecule has 16 heavy (non-hydrogen) atoms. The summed E-state index contributed by atoms with van der Waals surface area (Å²) in [6.07, 6.45) is 2.04. The van der Waals surface area contributed by atoms with Gasteiger partial charge in [0.15, 0.2) is 6.10 Å². The van der Waals surface area contributed by atoms with E-state index in [9.17, 15) is 9.59 Å². The number of hydrogen-bond acceptors (Lipinski definition) is 3. The van der Waals surface area contributed by atoms with Gasteiger partial charge in [0.2, 0.25) is 0 Å². The van der Waals surface area contributed by atoms with Crippen molar-refractivity contribution in [2.75, 3.05) is 7.05 Å². The van der Waals surface area contributed by atoms with Gasteiger partial charge in [0.25, 0.3) is 5.91 Å². The fraction of sp³-hybridized carbons (Fsp3) is 0.833. The van der Waals surface area contributed by atoms with E-state index < -0.39 is 6.10 Å². The van der Waals surface area contributed by atoms with Crippen LogP contribution < -0.4 is 0 Å². The van der Waals surface area contributed by atoms with E-state index in [1.165, 1.54) is 0 Å². The van der Waals surface area contributed by atoms with Crippen LogP contribution in [0.2, 0.25) is 0 Å². The molecular weight excluding hydrogens is 206 g/mol. The lowest BCUT2D eigenvalue weighted by Gasteiger charge is -2.36. The van der Waals surface area contributed by atoms with Crippen LogP contribution in [-0.4, -0.2) is 36.0 Å². The quantitative estimate of drug-likeness (QED) is 0.685. The predicted molar refractivity (Wildman–Crippen MR) is 60.8 cm³/mol. The Balaban J connectivity index is 2.72. The van der Waals surface area contributed by atoms with E-state index in [0.717, 1.165) is 12.8 Å². The molecule has 0 spiro atoms. The number of hydrogen-bond donors (Lipinski definition) is 0. The Bertz CT molecular complexity index is 275. The third kappa shape index (κ3) is 2.54. The lowest BCUT2D eigenvalue weighted by atomic mass is 10.0. The van der Waals surface area contributed by atoms with E-state index in [2.05, 4.69) is 6.92 Å². The highest BCUT2D eigenvalue weighted by atomic mass is 16.6. The average Bonchev–Trinajstić information content (AvgIpc) is 2.23. The Kier molecular flexibility index (Phi) is 4.33. The van der Waals surface area contributed by atoms with Gasteiger partial charge in [-0.15, -0.1) is 0 Å². The number of unbranched alkanes of at least 4 members (excludes halogenated alkanes) is 1. The van der Waals surface area contributed by atoms with Gasteiger partial charge in [-0.05, 0) is 12.3 Å². The maximum Gasteiger partial charge on any atom is 0.329 e. The second-order valence-corrected chi connectivity index (χ2v) is 4.71. The molecular formula is C12H21NO3. The number of carbonyl (C=O) groups is 2. The van der Waals surface area contributed by atoms with Crippen LogP contribution in [0.25, 0.3) is 0 Å². The smallest absolute Gasteiger partial charge is 0.329 e. The summed E-state index contributed by atoms with van der Waals surface area (Å²) in [6.45, 7) is 5.83. The second kappa shape index (κ2) is 5.32. The molecule has 1 aliphatic rings. The highest BCUT2D eigenvalue weighted by Crippen LogP contribution is 2.21. The zero-order valence-electron chi connectivity index (χ0n) is 10.5. The van der Waals surface area contributed by atoms with Gasteiger partial charge < -0.3 is 9.64 Å². The molecule has 0 aromatic carbocycles. The molecule has 2 unspecified atom stereocenters. The van der Waals surface area contributed by atoms with Crippen LogP contribution in [0.15, 0.2) is 0 Å². The number of amides is 1. The van der Waals surface area contributed by atoms with Crippen molar-refractivity contribution in [3.05, 3.63) is 0 Å². The molecule has 0 aliphatic carbocycles. The average molecular weight is 227 g/mol. The van der Waals surface area contributed by atoms with Crippen LogP contribution >= 0.6 is 0 Å². The molecule has 0 aromatic heterocycles. The maximum atomic E-state index is 11.9. The Morgan fingerprint density at radius 3 is 2.50 bits per heavy atom. The topological polar surface area (TPSA) is 46.6 Å². The van der Waals surface area contributed by atoms with Crippen molar-refractivity contribution in [3.8, 4) is 0 Å². The van der Waals surface area contributed by atoms with Crippen LogP contribution in [0.5, 0.6) is 0 Å². The van der Waals surface area contributed by atoms with E-state index in [1.807, 2.05) is 13.8 Å². The number of carbonyl (C=O) groups excluding carboxylic acids is 2. The minimum absolute atomic E-state index is 0.0334. The van der Waals surface area contributed by atoms with Gasteiger partial charge in [-0.25, -0.2) is 4.79 Å². The fourth-order valence-corrected chi connectivity index (χ4v) is 1.90. The van der Waals surface area contributed by atoms with Gasteiger partial charge in [-0.2, -0.15) is 0 Å². The summed E-state index contributed by atoms with van der Waals surface area (Å²) in [5, 5.41) is 0. The number of morpholine rings is 1. The summed E-state index contributed by atoms with van der Waals surface area (Å²) in [6, 6.07) is -0.387. The summed E-state index contributed by atoms with van der Waals surface area (Å²) in [5.74, 6) is -0.295. The van der Waals surface area contributed by atoms with Crippen molar-refractivity contribution in [2.45, 2.75) is 52.2 Å². The predicted octanol–water partition coefficient (Wildman–Crippen LogP) is 1.58. The van der Waals surface area contributed by atoms with Gasteiger partial charge in [-0.1, -0.05) is 33.6 Å². The molecule has 1 rings (SSSR count). The van der Waals surface area contributed by atoms with Crippen molar-refractivity contribution in [1.82, 2.24) is 4.90 Å². The summed E-state index contributed by atoms with van der Waals surface area (Å²) in [5.41, 5.74) is 0. The molecule has 0 radical (unpaired) electrons. The molecule has 0 bridgehead atoms. The number of cyclic esters (lactones) is 1. The van der Waals surface area contributed by atoms with Crippen LogP contribution in [0.4, 0.5) is 0 Å². The number of ether oxygens (including phenoxy) is 1. The minimum Gasteiger partial charge on any atom is -0.450 e. The maximum absolute atomic E-state index is 11.9. The zero-order chi connectivity index (χ0) is 12.3. The highest BCUT2D eigenvalue weighted by Gasteiger charge is 2.41. The Labute approximate surface area is 96.9 Å². The first kappa shape index (κ1) is 13.0. The minimum atomic E-state index is -0.602. The van der Waals surface area contributed by atoms with E-state index in [4.69, 9.17) is 4.74 Å². The van der Waals surface area contributed by atoms with Gasteiger partial charge in [-0.3, -0.25) is 4.79 Å². The van der Waals surface area contributed by atoms with Crippen molar-refractivity contribution in [3.63, 3.8) is 0 Å². The molecule has 2 atom stereocenters. The van der Waals surface area contributed by atoms with Gasteiger partial charge in [0, 0.05) is 7.05 Å². The van der Waals surface area contributed by atoms with E-state index in [-0.39, 0.29) is 23.8 Å². The molecule has 1 heterocycles. The first-order valence-electron chi connectivity index (χ1n) is 5.96. The van der Waals surface area contributed by atoms with Crippen LogP contribution in [0, 0.1) is 5.92 Å². The summed E-state index contributed by atoms with van der Waals surface area (Å²) >= 11 is 0. The van der Waals surface area contributed by atoms with Crippen molar-refractivity contribution >= 4 is 11.9 Å². The van der Waals surface area contributed by atoms with E-state index in [1.54, 1.807) is 11.9 Å². The monoisotopic (exact) mass is 227 g/mol. The highest BCUT2D eigenvalue weighted by molar-refractivity contribution is 5.92. The molecule has 0 saturated carbocycles. The molecule has 0 aromatic rings. The zero-order valence-corrected chi connectivity index (χ0v) is 10.5. The molecule has 1 aliphatic heterocycles. The van der Waals surface area contributed by atoms with E-state index >= 15 is 0 Å². The SMILES string of the molecule is CCCCC1C(=O)OC(C(C)C)C(=O)N1C. The van der Waals surface area contributed by atoms with E-state index in [0.29, 0.717) is 6.42 Å². The Hall–Kier alpha value is -1.06. The normalized spacial score (nSPS) is 26.2. The lowest BCUT2D eigenvalue weighted by Crippen LogP contribution is -2.56. The second-order valence-electron chi connectivity index (χ2n) is 4.71. The van der Waals surface area contributed by atoms with Crippen molar-refractivity contribution in [1.29, 1.82) is 0 Å². The number of esters is 1. The third-order valence-corrected chi connectivity index (χ3v) is 3.01. The molecule has 1 fully saturated rings. The molecule has 1 saturated heterocycles. The molecule has 4 heteroatoms. The van der Waals surface area contributed by atoms with Crippen LogP contribution in [0.1, 0.15) is 40.0 Å². The molecule has 1 amide bonds. The van der Waals surface area contributed by atoms with Crippen molar-refractivity contribution < 1.29 is 14.3 Å². The van der Waals surface area contributed by atoms with Crippen molar-refractivity contribution in [2.24, 2.45) is 5.92 Å². The van der Waals surface area contributed by atoms with Gasteiger partial charge in [0.05, 0.1) is 0 Å². The summed E-state index contributed by atoms with van der Waals surface area (Å²) in [4.78, 5) is 25.2. The first-order valence-corrected chi connectivity index (χ1v) is 5.96.